The van der Waals surface area contributed by atoms with Crippen LogP contribution in [0.4, 0.5) is 21.9 Å². The second-order valence-corrected chi connectivity index (χ2v) is 7.96. The van der Waals surface area contributed by atoms with E-state index in [-0.39, 0.29) is 23.3 Å². The summed E-state index contributed by atoms with van der Waals surface area (Å²) in [6.45, 7) is 3.68. The molecule has 0 fully saturated rings. The van der Waals surface area contributed by atoms with Gasteiger partial charge in [0.25, 0.3) is 5.91 Å². The second kappa shape index (κ2) is 8.54. The molecule has 0 aromatic heterocycles. The molecule has 4 N–H and O–H groups in total. The quantitative estimate of drug-likeness (QED) is 0.607. The van der Waals surface area contributed by atoms with Gasteiger partial charge in [-0.2, -0.15) is 0 Å². The number of rotatable bonds is 6. The van der Waals surface area contributed by atoms with Gasteiger partial charge in [0.05, 0.1) is 17.6 Å². The Morgan fingerprint density at radius 3 is 2.15 bits per heavy atom. The highest BCUT2D eigenvalue weighted by molar-refractivity contribution is 7.92. The zero-order valence-corrected chi connectivity index (χ0v) is 16.1. The molecule has 144 valence electrons. The fraction of sp³-hybridized carbons (Fsp3) is 0.222. The van der Waals surface area contributed by atoms with E-state index in [2.05, 4.69) is 20.7 Å². The molecule has 0 radical (unpaired) electrons. The summed E-state index contributed by atoms with van der Waals surface area (Å²) in [7, 11) is -3.44. The minimum Gasteiger partial charge on any atom is -0.336 e. The first-order valence-electron chi connectivity index (χ1n) is 8.20. The van der Waals surface area contributed by atoms with Crippen LogP contribution in [0, 0.1) is 0 Å². The van der Waals surface area contributed by atoms with Gasteiger partial charge in [0.2, 0.25) is 10.0 Å². The van der Waals surface area contributed by atoms with E-state index in [1.165, 1.54) is 6.07 Å². The number of anilines is 3. The number of urea groups is 1. The van der Waals surface area contributed by atoms with E-state index in [9.17, 15) is 18.0 Å². The number of amides is 3. The standard InChI is InChI=1S/C18H22N4O4S/c1-12(2)19-18(24)21-16-10-5-4-9-15(16)20-17(23)13-7-6-8-14(11-13)22-27(3,25)26/h4-12,22H,1-3H3,(H,20,23)(H2,19,21,24). The maximum Gasteiger partial charge on any atom is 0.319 e. The van der Waals surface area contributed by atoms with Crippen molar-refractivity contribution in [3.8, 4) is 0 Å². The van der Waals surface area contributed by atoms with Crippen LogP contribution in [-0.4, -0.2) is 32.7 Å². The lowest BCUT2D eigenvalue weighted by Crippen LogP contribution is -2.34. The highest BCUT2D eigenvalue weighted by Crippen LogP contribution is 2.22. The topological polar surface area (TPSA) is 116 Å². The summed E-state index contributed by atoms with van der Waals surface area (Å²) in [4.78, 5) is 24.4. The lowest BCUT2D eigenvalue weighted by Gasteiger charge is -2.14. The van der Waals surface area contributed by atoms with E-state index in [1.807, 2.05) is 13.8 Å². The Balaban J connectivity index is 2.17. The van der Waals surface area contributed by atoms with Crippen molar-refractivity contribution >= 4 is 39.0 Å². The SMILES string of the molecule is CC(C)NC(=O)Nc1ccccc1NC(=O)c1cccc(NS(C)(=O)=O)c1. The van der Waals surface area contributed by atoms with Gasteiger partial charge >= 0.3 is 6.03 Å². The van der Waals surface area contributed by atoms with Gasteiger partial charge in [0.1, 0.15) is 0 Å². The van der Waals surface area contributed by atoms with Crippen LogP contribution in [0.5, 0.6) is 0 Å². The summed E-state index contributed by atoms with van der Waals surface area (Å²) in [6.07, 6.45) is 1.03. The Morgan fingerprint density at radius 2 is 1.56 bits per heavy atom. The number of carbonyl (C=O) groups excluding carboxylic acids is 2. The molecular formula is C18H22N4O4S. The molecule has 0 unspecified atom stereocenters. The van der Waals surface area contributed by atoms with Crippen molar-refractivity contribution in [1.82, 2.24) is 5.32 Å². The maximum absolute atomic E-state index is 12.5. The number of benzene rings is 2. The molecule has 3 amide bonds. The summed E-state index contributed by atoms with van der Waals surface area (Å²) in [5.74, 6) is -0.439. The Hall–Kier alpha value is -3.07. The van der Waals surface area contributed by atoms with Crippen LogP contribution in [0.1, 0.15) is 24.2 Å². The van der Waals surface area contributed by atoms with Gasteiger partial charge in [-0.3, -0.25) is 9.52 Å². The number of hydrogen-bond donors (Lipinski definition) is 4. The summed E-state index contributed by atoms with van der Waals surface area (Å²) < 4.78 is 25.0. The van der Waals surface area contributed by atoms with Crippen LogP contribution < -0.4 is 20.7 Å². The number of sulfonamides is 1. The number of carbonyl (C=O) groups is 2. The first-order chi connectivity index (χ1) is 12.6. The highest BCUT2D eigenvalue weighted by atomic mass is 32.2. The minimum atomic E-state index is -3.44. The van der Waals surface area contributed by atoms with E-state index in [1.54, 1.807) is 42.5 Å². The normalized spacial score (nSPS) is 11.0. The van der Waals surface area contributed by atoms with Gasteiger partial charge in [-0.15, -0.1) is 0 Å². The predicted octanol–water partition coefficient (Wildman–Crippen LogP) is 2.84. The van der Waals surface area contributed by atoms with Crippen molar-refractivity contribution in [1.29, 1.82) is 0 Å². The molecule has 0 saturated carbocycles. The van der Waals surface area contributed by atoms with Crippen LogP contribution in [0.25, 0.3) is 0 Å². The van der Waals surface area contributed by atoms with E-state index in [4.69, 9.17) is 0 Å². The van der Waals surface area contributed by atoms with Crippen LogP contribution >= 0.6 is 0 Å². The molecule has 0 aliphatic heterocycles. The van der Waals surface area contributed by atoms with E-state index >= 15 is 0 Å². The van der Waals surface area contributed by atoms with Gasteiger partial charge in [-0.05, 0) is 44.2 Å². The zero-order chi connectivity index (χ0) is 20.0. The summed E-state index contributed by atoms with van der Waals surface area (Å²) in [6, 6.07) is 12.5. The van der Waals surface area contributed by atoms with Gasteiger partial charge in [0, 0.05) is 17.3 Å². The fourth-order valence-electron chi connectivity index (χ4n) is 2.25. The molecular weight excluding hydrogens is 368 g/mol. The van der Waals surface area contributed by atoms with Gasteiger partial charge in [-0.1, -0.05) is 18.2 Å². The highest BCUT2D eigenvalue weighted by Gasteiger charge is 2.12. The molecule has 2 rings (SSSR count). The lowest BCUT2D eigenvalue weighted by molar-refractivity contribution is 0.102. The van der Waals surface area contributed by atoms with Gasteiger partial charge in [0.15, 0.2) is 0 Å². The van der Waals surface area contributed by atoms with Crippen LogP contribution in [0.3, 0.4) is 0 Å². The first kappa shape index (κ1) is 20.2. The lowest BCUT2D eigenvalue weighted by atomic mass is 10.2. The third-order valence-electron chi connectivity index (χ3n) is 3.27. The molecule has 0 saturated heterocycles. The average molecular weight is 390 g/mol. The molecule has 0 aliphatic rings. The molecule has 0 bridgehead atoms. The van der Waals surface area contributed by atoms with Crippen LogP contribution in [0.15, 0.2) is 48.5 Å². The van der Waals surface area contributed by atoms with Crippen molar-refractivity contribution in [2.75, 3.05) is 21.6 Å². The Kier molecular flexibility index (Phi) is 6.40. The number of hydrogen-bond acceptors (Lipinski definition) is 4. The number of para-hydroxylation sites is 2. The Labute approximate surface area is 158 Å². The fourth-order valence-corrected chi connectivity index (χ4v) is 2.81. The smallest absolute Gasteiger partial charge is 0.319 e. The molecule has 0 aliphatic carbocycles. The molecule has 9 heteroatoms. The zero-order valence-electron chi connectivity index (χ0n) is 15.2. The predicted molar refractivity (Wildman–Crippen MR) is 107 cm³/mol. The van der Waals surface area contributed by atoms with Crippen LogP contribution in [0.2, 0.25) is 0 Å². The van der Waals surface area contributed by atoms with Gasteiger partial charge in [-0.25, -0.2) is 13.2 Å². The average Bonchev–Trinajstić information content (AvgIpc) is 2.54. The summed E-state index contributed by atoms with van der Waals surface area (Å²) in [5, 5.41) is 8.11. The van der Waals surface area contributed by atoms with E-state index in [0.717, 1.165) is 6.26 Å². The molecule has 2 aromatic rings. The first-order valence-corrected chi connectivity index (χ1v) is 10.1. The summed E-state index contributed by atoms with van der Waals surface area (Å²) >= 11 is 0. The third-order valence-corrected chi connectivity index (χ3v) is 3.88. The summed E-state index contributed by atoms with van der Waals surface area (Å²) in [5.41, 5.74) is 1.41. The minimum absolute atomic E-state index is 0.0307. The Bertz CT molecular complexity index is 942. The number of nitrogens with one attached hydrogen (secondary N) is 4. The molecule has 0 spiro atoms. The maximum atomic E-state index is 12.5. The van der Waals surface area contributed by atoms with Gasteiger partial charge < -0.3 is 16.0 Å². The second-order valence-electron chi connectivity index (χ2n) is 6.21. The monoisotopic (exact) mass is 390 g/mol. The van der Waals surface area contributed by atoms with Crippen molar-refractivity contribution in [2.45, 2.75) is 19.9 Å². The van der Waals surface area contributed by atoms with E-state index < -0.39 is 15.9 Å². The Morgan fingerprint density at radius 1 is 0.926 bits per heavy atom. The molecule has 0 atom stereocenters. The van der Waals surface area contributed by atoms with Crippen molar-refractivity contribution in [2.24, 2.45) is 0 Å². The largest absolute Gasteiger partial charge is 0.336 e. The van der Waals surface area contributed by atoms with Crippen molar-refractivity contribution in [3.63, 3.8) is 0 Å². The van der Waals surface area contributed by atoms with E-state index in [0.29, 0.717) is 11.4 Å². The van der Waals surface area contributed by atoms with Crippen LogP contribution in [-0.2, 0) is 10.0 Å². The van der Waals surface area contributed by atoms with Crippen molar-refractivity contribution in [3.05, 3.63) is 54.1 Å². The molecule has 27 heavy (non-hydrogen) atoms. The molecule has 8 nitrogen and oxygen atoms in total. The van der Waals surface area contributed by atoms with Crippen molar-refractivity contribution < 1.29 is 18.0 Å². The third kappa shape index (κ3) is 6.63. The molecule has 2 aromatic carbocycles. The molecule has 0 heterocycles.